The van der Waals surface area contributed by atoms with Crippen molar-refractivity contribution < 1.29 is 17.9 Å². The van der Waals surface area contributed by atoms with Crippen LogP contribution in [0.15, 0.2) is 40.3 Å². The molecular weight excluding hydrogens is 378 g/mol. The zero-order valence-electron chi connectivity index (χ0n) is 16.1. The van der Waals surface area contributed by atoms with Gasteiger partial charge in [0.05, 0.1) is 11.0 Å². The summed E-state index contributed by atoms with van der Waals surface area (Å²) in [6, 6.07) is 6.68. The summed E-state index contributed by atoms with van der Waals surface area (Å²) in [6.45, 7) is 3.11. The lowest BCUT2D eigenvalue weighted by atomic mass is 9.92. The van der Waals surface area contributed by atoms with Gasteiger partial charge in [0.1, 0.15) is 6.17 Å². The van der Waals surface area contributed by atoms with Crippen molar-refractivity contribution in [3.05, 3.63) is 41.0 Å². The number of sulfonamides is 1. The van der Waals surface area contributed by atoms with Gasteiger partial charge in [0.15, 0.2) is 0 Å². The number of amides is 1. The first kappa shape index (κ1) is 19.6. The SMILES string of the molecule is Cc1ccc(S(=O)(=O)NN[C@H]2C3=C(CCCC3)C(=O)N2C[C@H]2CCCO2)cc1. The summed E-state index contributed by atoms with van der Waals surface area (Å²) in [4.78, 5) is 17.4. The van der Waals surface area contributed by atoms with E-state index in [1.807, 2.05) is 6.92 Å². The maximum Gasteiger partial charge on any atom is 0.253 e. The van der Waals surface area contributed by atoms with Gasteiger partial charge in [-0.25, -0.2) is 13.8 Å². The maximum absolute atomic E-state index is 13.0. The fourth-order valence-electron chi connectivity index (χ4n) is 4.22. The first-order valence-corrected chi connectivity index (χ1v) is 11.4. The van der Waals surface area contributed by atoms with Crippen molar-refractivity contribution in [3.63, 3.8) is 0 Å². The number of hydrogen-bond donors (Lipinski definition) is 2. The van der Waals surface area contributed by atoms with Crippen LogP contribution in [-0.2, 0) is 19.6 Å². The Morgan fingerprint density at radius 2 is 1.89 bits per heavy atom. The Balaban J connectivity index is 1.53. The van der Waals surface area contributed by atoms with Crippen molar-refractivity contribution in [2.75, 3.05) is 13.2 Å². The van der Waals surface area contributed by atoms with Crippen molar-refractivity contribution in [3.8, 4) is 0 Å². The number of carbonyl (C=O) groups excluding carboxylic acids is 1. The number of hydrazine groups is 1. The molecule has 0 saturated carbocycles. The summed E-state index contributed by atoms with van der Waals surface area (Å²) in [7, 11) is -3.72. The van der Waals surface area contributed by atoms with E-state index in [0.29, 0.717) is 6.54 Å². The molecule has 2 N–H and O–H groups in total. The molecule has 0 spiro atoms. The van der Waals surface area contributed by atoms with Gasteiger partial charge >= 0.3 is 0 Å². The lowest BCUT2D eigenvalue weighted by Gasteiger charge is -2.30. The minimum Gasteiger partial charge on any atom is -0.376 e. The maximum atomic E-state index is 13.0. The van der Waals surface area contributed by atoms with Gasteiger partial charge in [0, 0.05) is 18.7 Å². The molecule has 28 heavy (non-hydrogen) atoms. The smallest absolute Gasteiger partial charge is 0.253 e. The van der Waals surface area contributed by atoms with Gasteiger partial charge in [-0.1, -0.05) is 17.7 Å². The summed E-state index contributed by atoms with van der Waals surface area (Å²) in [6.07, 6.45) is 5.08. The third-order valence-electron chi connectivity index (χ3n) is 5.76. The average Bonchev–Trinajstić information content (AvgIpc) is 3.29. The van der Waals surface area contributed by atoms with Crippen molar-refractivity contribution in [2.24, 2.45) is 0 Å². The van der Waals surface area contributed by atoms with Crippen molar-refractivity contribution in [1.82, 2.24) is 15.2 Å². The molecule has 4 rings (SSSR count). The second kappa shape index (κ2) is 7.94. The number of carbonyl (C=O) groups is 1. The van der Waals surface area contributed by atoms with Gasteiger partial charge in [-0.3, -0.25) is 4.79 Å². The molecule has 1 aliphatic carbocycles. The molecule has 0 aromatic heterocycles. The highest BCUT2D eigenvalue weighted by atomic mass is 32.2. The molecule has 1 amide bonds. The highest BCUT2D eigenvalue weighted by Gasteiger charge is 2.41. The Hall–Kier alpha value is -1.74. The zero-order chi connectivity index (χ0) is 19.7. The number of nitrogens with zero attached hydrogens (tertiary/aromatic N) is 1. The second-order valence-corrected chi connectivity index (χ2v) is 9.45. The molecule has 3 aliphatic rings. The number of hydrogen-bond acceptors (Lipinski definition) is 5. The summed E-state index contributed by atoms with van der Waals surface area (Å²) in [5.41, 5.74) is 5.79. The summed E-state index contributed by atoms with van der Waals surface area (Å²) < 4.78 is 31.1. The van der Waals surface area contributed by atoms with E-state index in [1.54, 1.807) is 29.2 Å². The van der Waals surface area contributed by atoms with Crippen LogP contribution in [0, 0.1) is 6.92 Å². The van der Waals surface area contributed by atoms with E-state index in [1.165, 1.54) is 0 Å². The number of ether oxygens (including phenoxy) is 1. The monoisotopic (exact) mass is 405 g/mol. The summed E-state index contributed by atoms with van der Waals surface area (Å²) in [5.74, 6) is 0.0113. The second-order valence-electron chi connectivity index (χ2n) is 7.77. The lowest BCUT2D eigenvalue weighted by molar-refractivity contribution is -0.129. The van der Waals surface area contributed by atoms with Gasteiger partial charge in [-0.15, -0.1) is 4.83 Å². The number of aryl methyl sites for hydroxylation is 1. The lowest BCUT2D eigenvalue weighted by Crippen LogP contribution is -2.54. The Morgan fingerprint density at radius 1 is 1.14 bits per heavy atom. The first-order valence-electron chi connectivity index (χ1n) is 9.94. The number of benzene rings is 1. The summed E-state index contributed by atoms with van der Waals surface area (Å²) >= 11 is 0. The van der Waals surface area contributed by atoms with Gasteiger partial charge < -0.3 is 9.64 Å². The van der Waals surface area contributed by atoms with Gasteiger partial charge in [-0.05, 0) is 63.2 Å². The molecule has 7 nitrogen and oxygen atoms in total. The van der Waals surface area contributed by atoms with Crippen molar-refractivity contribution in [2.45, 2.75) is 62.6 Å². The van der Waals surface area contributed by atoms with Crippen LogP contribution in [-0.4, -0.2) is 44.6 Å². The minimum atomic E-state index is -3.72. The molecule has 152 valence electrons. The Morgan fingerprint density at radius 3 is 2.61 bits per heavy atom. The minimum absolute atomic E-state index is 0.0113. The highest BCUT2D eigenvalue weighted by molar-refractivity contribution is 7.89. The van der Waals surface area contributed by atoms with E-state index in [0.717, 1.165) is 61.8 Å². The normalized spacial score (nSPS) is 25.5. The molecule has 0 radical (unpaired) electrons. The molecule has 2 aliphatic heterocycles. The van der Waals surface area contributed by atoms with Crippen LogP contribution < -0.4 is 10.3 Å². The van der Waals surface area contributed by atoms with Crippen LogP contribution in [0.5, 0.6) is 0 Å². The van der Waals surface area contributed by atoms with Crippen LogP contribution in [0.3, 0.4) is 0 Å². The van der Waals surface area contributed by atoms with E-state index in [2.05, 4.69) is 10.3 Å². The molecule has 1 fully saturated rings. The largest absolute Gasteiger partial charge is 0.376 e. The Labute approximate surface area is 166 Å². The average molecular weight is 406 g/mol. The van der Waals surface area contributed by atoms with Crippen LogP contribution in [0.4, 0.5) is 0 Å². The fourth-order valence-corrected chi connectivity index (χ4v) is 5.10. The highest BCUT2D eigenvalue weighted by Crippen LogP contribution is 2.36. The molecule has 8 heteroatoms. The Kier molecular flexibility index (Phi) is 5.55. The van der Waals surface area contributed by atoms with Crippen LogP contribution in [0.25, 0.3) is 0 Å². The van der Waals surface area contributed by atoms with Gasteiger partial charge in [-0.2, -0.15) is 0 Å². The van der Waals surface area contributed by atoms with Crippen LogP contribution in [0.2, 0.25) is 0 Å². The first-order chi connectivity index (χ1) is 13.5. The van der Waals surface area contributed by atoms with E-state index >= 15 is 0 Å². The van der Waals surface area contributed by atoms with Crippen molar-refractivity contribution in [1.29, 1.82) is 0 Å². The molecule has 1 aromatic rings. The molecular formula is C20H27N3O4S. The number of nitrogens with one attached hydrogen (secondary N) is 2. The van der Waals surface area contributed by atoms with Gasteiger partial charge in [0.2, 0.25) is 0 Å². The Bertz CT molecular complexity index is 873. The van der Waals surface area contributed by atoms with E-state index in [-0.39, 0.29) is 16.9 Å². The third-order valence-corrected chi connectivity index (χ3v) is 7.04. The van der Waals surface area contributed by atoms with Crippen LogP contribution in [0.1, 0.15) is 44.1 Å². The van der Waals surface area contributed by atoms with E-state index in [9.17, 15) is 13.2 Å². The van der Waals surface area contributed by atoms with Crippen molar-refractivity contribution >= 4 is 15.9 Å². The molecule has 1 aromatic carbocycles. The predicted molar refractivity (Wildman–Crippen MR) is 105 cm³/mol. The summed E-state index contributed by atoms with van der Waals surface area (Å²) in [5, 5.41) is 0. The molecule has 0 bridgehead atoms. The number of rotatable bonds is 6. The third kappa shape index (κ3) is 3.87. The molecule has 1 saturated heterocycles. The topological polar surface area (TPSA) is 87.7 Å². The molecule has 0 unspecified atom stereocenters. The molecule has 2 atom stereocenters. The zero-order valence-corrected chi connectivity index (χ0v) is 16.9. The van der Waals surface area contributed by atoms with Crippen LogP contribution >= 0.6 is 0 Å². The van der Waals surface area contributed by atoms with Gasteiger partial charge in [0.25, 0.3) is 15.9 Å². The van der Waals surface area contributed by atoms with E-state index in [4.69, 9.17) is 4.74 Å². The molecule has 2 heterocycles. The predicted octanol–water partition coefficient (Wildman–Crippen LogP) is 2.00. The van der Waals surface area contributed by atoms with E-state index < -0.39 is 16.2 Å². The standard InChI is InChI=1S/C20H27N3O4S/c1-14-8-10-16(11-9-14)28(25,26)22-21-19-17-6-2-3-7-18(17)20(24)23(19)13-15-5-4-12-27-15/h8-11,15,19,21-22H,2-7,12-13H2,1H3/t15-,19-/m1/s1. The fraction of sp³-hybridized carbons (Fsp3) is 0.550. The quantitative estimate of drug-likeness (QED) is 0.707.